The van der Waals surface area contributed by atoms with Gasteiger partial charge in [-0.05, 0) is 68.3 Å². The normalized spacial score (nSPS) is 21.0. The molecule has 0 saturated carbocycles. The van der Waals surface area contributed by atoms with E-state index >= 15 is 0 Å². The Morgan fingerprint density at radius 1 is 1.29 bits per heavy atom. The number of hydrogen-bond donors (Lipinski definition) is 2. The van der Waals surface area contributed by atoms with Crippen LogP contribution in [0.15, 0.2) is 35.4 Å². The molecule has 164 valence electrons. The zero-order chi connectivity index (χ0) is 21.6. The van der Waals surface area contributed by atoms with E-state index in [9.17, 15) is 4.79 Å². The van der Waals surface area contributed by atoms with Gasteiger partial charge in [0.1, 0.15) is 0 Å². The third-order valence-electron chi connectivity index (χ3n) is 5.49. The van der Waals surface area contributed by atoms with E-state index < -0.39 is 6.23 Å². The summed E-state index contributed by atoms with van der Waals surface area (Å²) in [5, 5.41) is 6.19. The summed E-state index contributed by atoms with van der Waals surface area (Å²) < 4.78 is 5.31. The van der Waals surface area contributed by atoms with Crippen LogP contribution in [0.3, 0.4) is 0 Å². The Morgan fingerprint density at radius 2 is 2.13 bits per heavy atom. The lowest BCUT2D eigenvalue weighted by atomic mass is 9.97. The van der Waals surface area contributed by atoms with Crippen LogP contribution in [0.5, 0.6) is 0 Å². The van der Waals surface area contributed by atoms with Crippen LogP contribution in [0, 0.1) is 12.8 Å². The van der Waals surface area contributed by atoms with Crippen molar-refractivity contribution in [2.24, 2.45) is 5.92 Å². The van der Waals surface area contributed by atoms with E-state index in [4.69, 9.17) is 9.72 Å². The van der Waals surface area contributed by atoms with Crippen LogP contribution in [-0.2, 0) is 11.3 Å². The fourth-order valence-corrected chi connectivity index (χ4v) is 4.65. The van der Waals surface area contributed by atoms with Crippen LogP contribution in [0.1, 0.15) is 29.9 Å². The SMILES string of the molecule is COC1NC(=O)S/C1=C\c1ccnc(N2CCC(CNCc3cccc(C)n3)CC2)n1. The maximum absolute atomic E-state index is 11.6. The van der Waals surface area contributed by atoms with Gasteiger partial charge in [0.05, 0.1) is 11.4 Å². The number of pyridine rings is 1. The lowest BCUT2D eigenvalue weighted by Crippen LogP contribution is -2.38. The maximum atomic E-state index is 11.6. The standard InChI is InChI=1S/C22H28N6O2S/c1-15-4-3-5-18(25-15)14-23-13-16-7-10-28(11-8-16)21-24-9-6-17(26-21)12-19-20(30-2)27-22(29)31-19/h3-6,9,12,16,20,23H,7-8,10-11,13-14H2,1-2H3,(H,27,29)/b19-12-. The minimum absolute atomic E-state index is 0.110. The van der Waals surface area contributed by atoms with Gasteiger partial charge < -0.3 is 20.3 Å². The topological polar surface area (TPSA) is 92.3 Å². The first-order valence-electron chi connectivity index (χ1n) is 10.5. The molecular weight excluding hydrogens is 412 g/mol. The Balaban J connectivity index is 1.29. The fraction of sp³-hybridized carbons (Fsp3) is 0.455. The maximum Gasteiger partial charge on any atom is 0.285 e. The highest BCUT2D eigenvalue weighted by Crippen LogP contribution is 2.30. The van der Waals surface area contributed by atoms with E-state index in [0.717, 1.165) is 78.7 Å². The minimum atomic E-state index is -0.408. The van der Waals surface area contributed by atoms with Crippen molar-refractivity contribution in [1.82, 2.24) is 25.6 Å². The highest BCUT2D eigenvalue weighted by atomic mass is 32.2. The molecule has 0 radical (unpaired) electrons. The Labute approximate surface area is 186 Å². The first-order valence-corrected chi connectivity index (χ1v) is 11.4. The number of nitrogens with zero attached hydrogens (tertiary/aromatic N) is 4. The molecule has 4 rings (SSSR count). The molecule has 2 saturated heterocycles. The summed E-state index contributed by atoms with van der Waals surface area (Å²) in [5.74, 6) is 1.38. The average molecular weight is 441 g/mol. The zero-order valence-electron chi connectivity index (χ0n) is 17.9. The van der Waals surface area contributed by atoms with E-state index in [1.807, 2.05) is 25.1 Å². The number of ether oxygens (including phenoxy) is 1. The molecule has 9 heteroatoms. The number of piperidine rings is 1. The van der Waals surface area contributed by atoms with Gasteiger partial charge in [-0.15, -0.1) is 0 Å². The number of carbonyl (C=O) groups is 1. The van der Waals surface area contributed by atoms with Crippen molar-refractivity contribution in [2.45, 2.75) is 32.5 Å². The summed E-state index contributed by atoms with van der Waals surface area (Å²) in [5.41, 5.74) is 2.92. The second-order valence-electron chi connectivity index (χ2n) is 7.81. The molecule has 4 heterocycles. The van der Waals surface area contributed by atoms with Crippen molar-refractivity contribution in [3.8, 4) is 0 Å². The molecular formula is C22H28N6O2S. The molecule has 2 fully saturated rings. The lowest BCUT2D eigenvalue weighted by Gasteiger charge is -2.32. The van der Waals surface area contributed by atoms with E-state index in [-0.39, 0.29) is 5.24 Å². The van der Waals surface area contributed by atoms with Gasteiger partial charge in [-0.1, -0.05) is 6.07 Å². The molecule has 2 aromatic rings. The number of nitrogens with one attached hydrogen (secondary N) is 2. The molecule has 0 aliphatic carbocycles. The van der Waals surface area contributed by atoms with Gasteiger partial charge in [0.2, 0.25) is 5.95 Å². The molecule has 2 aliphatic heterocycles. The number of amides is 1. The Bertz CT molecular complexity index is 945. The summed E-state index contributed by atoms with van der Waals surface area (Å²) >= 11 is 1.14. The van der Waals surface area contributed by atoms with Crippen LogP contribution in [0.4, 0.5) is 10.7 Å². The molecule has 31 heavy (non-hydrogen) atoms. The van der Waals surface area contributed by atoms with E-state index in [2.05, 4.69) is 37.6 Å². The van der Waals surface area contributed by atoms with Crippen molar-refractivity contribution in [3.63, 3.8) is 0 Å². The molecule has 0 spiro atoms. The van der Waals surface area contributed by atoms with Gasteiger partial charge in [0.15, 0.2) is 6.23 Å². The third-order valence-corrected chi connectivity index (χ3v) is 6.36. The van der Waals surface area contributed by atoms with Crippen molar-refractivity contribution in [3.05, 3.63) is 52.4 Å². The number of aryl methyl sites for hydroxylation is 1. The largest absolute Gasteiger partial charge is 0.357 e. The molecule has 0 aromatic carbocycles. The van der Waals surface area contributed by atoms with Gasteiger partial charge in [-0.2, -0.15) is 0 Å². The van der Waals surface area contributed by atoms with Gasteiger partial charge in [-0.3, -0.25) is 9.78 Å². The van der Waals surface area contributed by atoms with Crippen molar-refractivity contribution in [2.75, 3.05) is 31.6 Å². The monoisotopic (exact) mass is 440 g/mol. The second kappa shape index (κ2) is 10.2. The van der Waals surface area contributed by atoms with E-state index in [0.29, 0.717) is 5.92 Å². The van der Waals surface area contributed by atoms with Crippen molar-refractivity contribution < 1.29 is 9.53 Å². The lowest BCUT2D eigenvalue weighted by molar-refractivity contribution is 0.123. The van der Waals surface area contributed by atoms with E-state index in [1.165, 1.54) is 0 Å². The first kappa shape index (κ1) is 21.7. The number of hydrogen-bond acceptors (Lipinski definition) is 8. The van der Waals surface area contributed by atoms with Gasteiger partial charge >= 0.3 is 0 Å². The van der Waals surface area contributed by atoms with Crippen molar-refractivity contribution >= 4 is 29.0 Å². The Morgan fingerprint density at radius 3 is 2.90 bits per heavy atom. The summed E-state index contributed by atoms with van der Waals surface area (Å²) in [7, 11) is 1.58. The number of rotatable bonds is 7. The molecule has 0 bridgehead atoms. The van der Waals surface area contributed by atoms with Crippen LogP contribution >= 0.6 is 11.8 Å². The van der Waals surface area contributed by atoms with Crippen LogP contribution in [0.25, 0.3) is 6.08 Å². The smallest absolute Gasteiger partial charge is 0.285 e. The molecule has 1 atom stereocenters. The van der Waals surface area contributed by atoms with E-state index in [1.54, 1.807) is 13.3 Å². The van der Waals surface area contributed by atoms with Gasteiger partial charge in [0, 0.05) is 43.5 Å². The minimum Gasteiger partial charge on any atom is -0.357 e. The molecule has 2 aromatic heterocycles. The summed E-state index contributed by atoms with van der Waals surface area (Å²) in [6.07, 6.45) is 5.45. The summed E-state index contributed by atoms with van der Waals surface area (Å²) in [6.45, 7) is 5.69. The Hall–Kier alpha value is -2.49. The number of aromatic nitrogens is 3. The summed E-state index contributed by atoms with van der Waals surface area (Å²) in [4.78, 5) is 28.4. The number of carbonyl (C=O) groups excluding carboxylic acids is 1. The Kier molecular flexibility index (Phi) is 7.16. The van der Waals surface area contributed by atoms with Gasteiger partial charge in [-0.25, -0.2) is 9.97 Å². The number of thioether (sulfide) groups is 1. The van der Waals surface area contributed by atoms with Gasteiger partial charge in [0.25, 0.3) is 5.24 Å². The van der Waals surface area contributed by atoms with Crippen LogP contribution in [-0.4, -0.2) is 53.2 Å². The molecule has 2 aliphatic rings. The van der Waals surface area contributed by atoms with Crippen LogP contribution in [0.2, 0.25) is 0 Å². The zero-order valence-corrected chi connectivity index (χ0v) is 18.7. The number of methoxy groups -OCH3 is 1. The predicted molar refractivity (Wildman–Crippen MR) is 123 cm³/mol. The fourth-order valence-electron chi connectivity index (χ4n) is 3.83. The first-order chi connectivity index (χ1) is 15.1. The highest BCUT2D eigenvalue weighted by Gasteiger charge is 2.27. The molecule has 2 N–H and O–H groups in total. The van der Waals surface area contributed by atoms with Crippen LogP contribution < -0.4 is 15.5 Å². The van der Waals surface area contributed by atoms with Crippen molar-refractivity contribution in [1.29, 1.82) is 0 Å². The second-order valence-corrected chi connectivity index (χ2v) is 8.86. The molecule has 8 nitrogen and oxygen atoms in total. The highest BCUT2D eigenvalue weighted by molar-refractivity contribution is 8.17. The molecule has 1 amide bonds. The average Bonchev–Trinajstić information content (AvgIpc) is 3.13. The third kappa shape index (κ3) is 5.81. The quantitative estimate of drug-likeness (QED) is 0.679. The molecule has 1 unspecified atom stereocenters. The predicted octanol–water partition coefficient (Wildman–Crippen LogP) is 2.96. The number of anilines is 1. The summed E-state index contributed by atoms with van der Waals surface area (Å²) in [6, 6.07) is 7.98.